The molecule has 0 aromatic carbocycles. The van der Waals surface area contributed by atoms with Gasteiger partial charge >= 0.3 is 5.97 Å². The number of likely N-dealkylation sites (tertiary alicyclic amines) is 1. The second-order valence-corrected chi connectivity index (χ2v) is 3.78. The number of hydrogen-bond acceptors (Lipinski definition) is 3. The predicted molar refractivity (Wildman–Crippen MR) is 46.0 cm³/mol. The van der Waals surface area contributed by atoms with Crippen molar-refractivity contribution in [2.45, 2.75) is 13.3 Å². The van der Waals surface area contributed by atoms with E-state index in [4.69, 9.17) is 10.8 Å². The lowest BCUT2D eigenvalue weighted by Gasteiger charge is -2.19. The van der Waals surface area contributed by atoms with Gasteiger partial charge in [-0.15, -0.1) is 0 Å². The zero-order valence-corrected chi connectivity index (χ0v) is 7.62. The summed E-state index contributed by atoms with van der Waals surface area (Å²) in [5.74, 6) is -1.21. The Morgan fingerprint density at radius 3 is 2.62 bits per heavy atom. The number of hydrogen-bond donors (Lipinski definition) is 2. The lowest BCUT2D eigenvalue weighted by atomic mass is 9.89. The largest absolute Gasteiger partial charge is 0.480 e. The summed E-state index contributed by atoms with van der Waals surface area (Å²) in [4.78, 5) is 23.1. The Labute approximate surface area is 76.5 Å². The third-order valence-electron chi connectivity index (χ3n) is 2.51. The number of nitrogens with zero attached hydrogens (tertiary/aromatic N) is 1. The third-order valence-corrected chi connectivity index (χ3v) is 2.51. The lowest BCUT2D eigenvalue weighted by molar-refractivity contribution is -0.138. The van der Waals surface area contributed by atoms with Gasteiger partial charge < -0.3 is 10.8 Å². The average Bonchev–Trinajstić information content (AvgIpc) is 2.32. The van der Waals surface area contributed by atoms with Crippen LogP contribution in [0.3, 0.4) is 0 Å². The predicted octanol–water partition coefficient (Wildman–Crippen LogP) is -0.732. The number of rotatable bonds is 3. The quantitative estimate of drug-likeness (QED) is 0.608. The van der Waals surface area contributed by atoms with E-state index in [9.17, 15) is 9.59 Å². The number of carbonyl (C=O) groups excluding carboxylic acids is 1. The van der Waals surface area contributed by atoms with Crippen LogP contribution in [0.25, 0.3) is 0 Å². The zero-order chi connectivity index (χ0) is 10.1. The number of carbonyl (C=O) groups is 2. The molecule has 74 valence electrons. The minimum absolute atomic E-state index is 0.0110. The van der Waals surface area contributed by atoms with Crippen LogP contribution in [0.5, 0.6) is 0 Å². The van der Waals surface area contributed by atoms with Crippen molar-refractivity contribution in [3.8, 4) is 0 Å². The van der Waals surface area contributed by atoms with Crippen molar-refractivity contribution in [2.24, 2.45) is 11.1 Å². The van der Waals surface area contributed by atoms with Crippen molar-refractivity contribution in [3.05, 3.63) is 0 Å². The van der Waals surface area contributed by atoms with Gasteiger partial charge in [-0.05, 0) is 19.9 Å². The molecular weight excluding hydrogens is 172 g/mol. The van der Waals surface area contributed by atoms with E-state index in [0.29, 0.717) is 19.5 Å². The van der Waals surface area contributed by atoms with E-state index in [2.05, 4.69) is 0 Å². The van der Waals surface area contributed by atoms with Crippen molar-refractivity contribution in [1.82, 2.24) is 4.90 Å². The molecule has 13 heavy (non-hydrogen) atoms. The highest BCUT2D eigenvalue weighted by Gasteiger charge is 2.39. The fourth-order valence-electron chi connectivity index (χ4n) is 1.58. The molecule has 1 aliphatic rings. The van der Waals surface area contributed by atoms with Crippen molar-refractivity contribution in [3.63, 3.8) is 0 Å². The van der Waals surface area contributed by atoms with Crippen molar-refractivity contribution in [1.29, 1.82) is 0 Å². The Hall–Kier alpha value is -1.10. The summed E-state index contributed by atoms with van der Waals surface area (Å²) in [7, 11) is 0. The molecule has 0 aromatic heterocycles. The number of nitrogens with two attached hydrogens (primary N) is 1. The van der Waals surface area contributed by atoms with Crippen molar-refractivity contribution >= 4 is 11.9 Å². The van der Waals surface area contributed by atoms with E-state index in [0.717, 1.165) is 0 Å². The normalized spacial score (nSPS) is 29.0. The van der Waals surface area contributed by atoms with Gasteiger partial charge in [0.25, 0.3) is 0 Å². The Kier molecular flexibility index (Phi) is 2.56. The molecule has 3 N–H and O–H groups in total. The molecule has 1 rings (SSSR count). The Balaban J connectivity index is 2.53. The molecule has 1 saturated heterocycles. The van der Waals surface area contributed by atoms with Crippen LogP contribution >= 0.6 is 0 Å². The van der Waals surface area contributed by atoms with E-state index in [-0.39, 0.29) is 12.5 Å². The molecule has 0 bridgehead atoms. The van der Waals surface area contributed by atoms with Crippen LogP contribution in [0.4, 0.5) is 0 Å². The lowest BCUT2D eigenvalue weighted by Crippen LogP contribution is -2.38. The standard InChI is InChI=1S/C8H14N2O3/c1-8(7(9)13)2-3-10(5-8)4-6(11)12/h2-5H2,1H3,(H2,9,13)(H,11,12). The maximum Gasteiger partial charge on any atom is 0.317 e. The van der Waals surface area contributed by atoms with Crippen LogP contribution < -0.4 is 5.73 Å². The van der Waals surface area contributed by atoms with Crippen LogP contribution in [0, 0.1) is 5.41 Å². The minimum Gasteiger partial charge on any atom is -0.480 e. The molecule has 1 fully saturated rings. The first-order valence-electron chi connectivity index (χ1n) is 4.18. The molecule has 1 unspecified atom stereocenters. The number of aliphatic carboxylic acids is 1. The molecule has 5 nitrogen and oxygen atoms in total. The zero-order valence-electron chi connectivity index (χ0n) is 7.62. The number of primary amides is 1. The van der Waals surface area contributed by atoms with Crippen LogP contribution in [0.1, 0.15) is 13.3 Å². The van der Waals surface area contributed by atoms with Gasteiger partial charge in [-0.3, -0.25) is 14.5 Å². The van der Waals surface area contributed by atoms with E-state index >= 15 is 0 Å². The van der Waals surface area contributed by atoms with Gasteiger partial charge in [-0.1, -0.05) is 0 Å². The van der Waals surface area contributed by atoms with Crippen molar-refractivity contribution in [2.75, 3.05) is 19.6 Å². The number of amides is 1. The minimum atomic E-state index is -0.867. The molecule has 1 aliphatic heterocycles. The SMILES string of the molecule is CC1(C(N)=O)CCN(CC(=O)O)C1. The maximum absolute atomic E-state index is 11.0. The molecule has 0 spiro atoms. The summed E-state index contributed by atoms with van der Waals surface area (Å²) in [6.45, 7) is 2.85. The monoisotopic (exact) mass is 186 g/mol. The van der Waals surface area contributed by atoms with Gasteiger partial charge in [-0.25, -0.2) is 0 Å². The molecule has 1 heterocycles. The first kappa shape index (κ1) is 9.98. The molecular formula is C8H14N2O3. The Bertz CT molecular complexity index is 242. The van der Waals surface area contributed by atoms with Crippen LogP contribution in [-0.4, -0.2) is 41.5 Å². The van der Waals surface area contributed by atoms with Gasteiger partial charge in [0.1, 0.15) is 0 Å². The summed E-state index contributed by atoms with van der Waals surface area (Å²) in [6, 6.07) is 0. The molecule has 0 aliphatic carbocycles. The van der Waals surface area contributed by atoms with Crippen LogP contribution in [0.2, 0.25) is 0 Å². The Morgan fingerprint density at radius 2 is 2.23 bits per heavy atom. The smallest absolute Gasteiger partial charge is 0.317 e. The number of carboxylic acids is 1. The molecule has 1 atom stereocenters. The summed E-state index contributed by atoms with van der Waals surface area (Å²) in [5, 5.41) is 8.52. The molecule has 0 radical (unpaired) electrons. The molecule has 5 heteroatoms. The van der Waals surface area contributed by atoms with E-state index in [1.54, 1.807) is 11.8 Å². The van der Waals surface area contributed by atoms with Crippen LogP contribution in [-0.2, 0) is 9.59 Å². The summed E-state index contributed by atoms with van der Waals surface area (Å²) < 4.78 is 0. The molecule has 0 aromatic rings. The first-order valence-corrected chi connectivity index (χ1v) is 4.18. The highest BCUT2D eigenvalue weighted by Crippen LogP contribution is 2.28. The number of carboxylic acid groups (broad SMARTS) is 1. The maximum atomic E-state index is 11.0. The van der Waals surface area contributed by atoms with Gasteiger partial charge in [-0.2, -0.15) is 0 Å². The van der Waals surface area contributed by atoms with Crippen LogP contribution in [0.15, 0.2) is 0 Å². The second-order valence-electron chi connectivity index (χ2n) is 3.78. The third kappa shape index (κ3) is 2.18. The first-order chi connectivity index (χ1) is 5.94. The summed E-state index contributed by atoms with van der Waals surface area (Å²) in [6.07, 6.45) is 0.648. The molecule has 1 amide bonds. The summed E-state index contributed by atoms with van der Waals surface area (Å²) >= 11 is 0. The van der Waals surface area contributed by atoms with Crippen molar-refractivity contribution < 1.29 is 14.7 Å². The van der Waals surface area contributed by atoms with E-state index < -0.39 is 11.4 Å². The fourth-order valence-corrected chi connectivity index (χ4v) is 1.58. The highest BCUT2D eigenvalue weighted by molar-refractivity contribution is 5.81. The highest BCUT2D eigenvalue weighted by atomic mass is 16.4. The van der Waals surface area contributed by atoms with E-state index in [1.165, 1.54) is 0 Å². The fraction of sp³-hybridized carbons (Fsp3) is 0.750. The van der Waals surface area contributed by atoms with E-state index in [1.807, 2.05) is 0 Å². The average molecular weight is 186 g/mol. The second kappa shape index (κ2) is 3.33. The van der Waals surface area contributed by atoms with Gasteiger partial charge in [0.2, 0.25) is 5.91 Å². The van der Waals surface area contributed by atoms with Gasteiger partial charge in [0, 0.05) is 6.54 Å². The Morgan fingerprint density at radius 1 is 1.62 bits per heavy atom. The van der Waals surface area contributed by atoms with Gasteiger partial charge in [0.15, 0.2) is 0 Å². The van der Waals surface area contributed by atoms with Gasteiger partial charge in [0.05, 0.1) is 12.0 Å². The molecule has 0 saturated carbocycles. The topological polar surface area (TPSA) is 83.6 Å². The summed E-state index contributed by atoms with van der Waals surface area (Å²) in [5.41, 5.74) is 4.67.